The van der Waals surface area contributed by atoms with Crippen LogP contribution < -0.4 is 4.74 Å². The van der Waals surface area contributed by atoms with E-state index in [0.29, 0.717) is 12.8 Å². The van der Waals surface area contributed by atoms with Crippen LogP contribution in [0.1, 0.15) is 24.8 Å². The normalized spacial score (nSPS) is 12.1. The number of benzene rings is 1. The quantitative estimate of drug-likeness (QED) is 0.711. The summed E-state index contributed by atoms with van der Waals surface area (Å²) in [5.74, 6) is -0.315. The van der Waals surface area contributed by atoms with Gasteiger partial charge in [0.15, 0.2) is 6.10 Å². The van der Waals surface area contributed by atoms with Crippen LogP contribution in [0.2, 0.25) is 0 Å². The number of ether oxygens (including phenoxy) is 1. The molecule has 1 rings (SSSR count). The lowest BCUT2D eigenvalue weighted by atomic mass is 10.1. The van der Waals surface area contributed by atoms with Crippen molar-refractivity contribution in [1.29, 1.82) is 0 Å². The summed E-state index contributed by atoms with van der Waals surface area (Å²) in [5, 5.41) is 17.6. The van der Waals surface area contributed by atoms with Crippen LogP contribution in [0, 0.1) is 0 Å². The van der Waals surface area contributed by atoms with Gasteiger partial charge in [-0.3, -0.25) is 0 Å². The number of aliphatic hydroxyl groups excluding tert-OH is 1. The molecule has 0 saturated carbocycles. The molecule has 0 amide bonds. The van der Waals surface area contributed by atoms with E-state index in [9.17, 15) is 4.79 Å². The monoisotopic (exact) mass is 238 g/mol. The van der Waals surface area contributed by atoms with Crippen molar-refractivity contribution in [3.8, 4) is 5.75 Å². The minimum atomic E-state index is -1.23. The maximum absolute atomic E-state index is 10.4. The molecule has 0 aliphatic rings. The van der Waals surface area contributed by atoms with Gasteiger partial charge in [-0.15, -0.1) is 0 Å². The molecule has 0 saturated heterocycles. The van der Waals surface area contributed by atoms with Crippen LogP contribution >= 0.6 is 0 Å². The number of carbonyl (C=O) groups is 1. The number of hydrogen-bond acceptors (Lipinski definition) is 3. The van der Waals surface area contributed by atoms with Crippen LogP contribution in [0.15, 0.2) is 24.3 Å². The van der Waals surface area contributed by atoms with Gasteiger partial charge in [0.05, 0.1) is 7.11 Å². The summed E-state index contributed by atoms with van der Waals surface area (Å²) in [5.41, 5.74) is 1.19. The number of hydrogen-bond donors (Lipinski definition) is 2. The summed E-state index contributed by atoms with van der Waals surface area (Å²) in [6.07, 6.45) is 1.55. The zero-order chi connectivity index (χ0) is 12.7. The van der Waals surface area contributed by atoms with Crippen LogP contribution in [0.3, 0.4) is 0 Å². The van der Waals surface area contributed by atoms with Crippen LogP contribution in [0.4, 0.5) is 0 Å². The van der Waals surface area contributed by atoms with Crippen molar-refractivity contribution in [1.82, 2.24) is 0 Å². The molecule has 0 aliphatic carbocycles. The number of rotatable bonds is 7. The smallest absolute Gasteiger partial charge is 0.332 e. The number of unbranched alkanes of at least 4 members (excludes halogenated alkanes) is 1. The summed E-state index contributed by atoms with van der Waals surface area (Å²) >= 11 is 0. The van der Waals surface area contributed by atoms with Crippen LogP contribution in [-0.2, 0) is 11.2 Å². The van der Waals surface area contributed by atoms with E-state index in [4.69, 9.17) is 14.9 Å². The molecule has 1 aromatic carbocycles. The Morgan fingerprint density at radius 1 is 1.29 bits per heavy atom. The van der Waals surface area contributed by atoms with Crippen LogP contribution in [0.5, 0.6) is 5.75 Å². The van der Waals surface area contributed by atoms with Gasteiger partial charge in [0, 0.05) is 0 Å². The second kappa shape index (κ2) is 6.91. The predicted molar refractivity (Wildman–Crippen MR) is 64.2 cm³/mol. The highest BCUT2D eigenvalue weighted by Crippen LogP contribution is 2.14. The summed E-state index contributed by atoms with van der Waals surface area (Å²) < 4.78 is 5.05. The third-order valence-corrected chi connectivity index (χ3v) is 2.64. The topological polar surface area (TPSA) is 66.8 Å². The SMILES string of the molecule is COc1ccc(CCCCC(O)C(=O)O)cc1. The Kier molecular flexibility index (Phi) is 5.49. The van der Waals surface area contributed by atoms with Gasteiger partial charge in [0.2, 0.25) is 0 Å². The number of aryl methyl sites for hydroxylation is 1. The number of aliphatic carboxylic acids is 1. The lowest BCUT2D eigenvalue weighted by molar-refractivity contribution is -0.146. The van der Waals surface area contributed by atoms with Crippen LogP contribution in [0.25, 0.3) is 0 Å². The van der Waals surface area contributed by atoms with Gasteiger partial charge in [-0.05, 0) is 43.4 Å². The van der Waals surface area contributed by atoms with E-state index in [1.54, 1.807) is 7.11 Å². The molecule has 1 aromatic rings. The first-order valence-electron chi connectivity index (χ1n) is 5.67. The molecule has 94 valence electrons. The van der Waals surface area contributed by atoms with Gasteiger partial charge in [0.1, 0.15) is 5.75 Å². The molecule has 0 spiro atoms. The summed E-state index contributed by atoms with van der Waals surface area (Å²) in [4.78, 5) is 10.4. The Morgan fingerprint density at radius 2 is 1.94 bits per heavy atom. The molecular formula is C13H18O4. The zero-order valence-electron chi connectivity index (χ0n) is 9.93. The lowest BCUT2D eigenvalue weighted by Gasteiger charge is -2.05. The maximum Gasteiger partial charge on any atom is 0.332 e. The average Bonchev–Trinajstić information content (AvgIpc) is 2.35. The van der Waals surface area contributed by atoms with Crippen molar-refractivity contribution < 1.29 is 19.7 Å². The molecule has 2 N–H and O–H groups in total. The lowest BCUT2D eigenvalue weighted by Crippen LogP contribution is -2.18. The first-order chi connectivity index (χ1) is 8.13. The van der Waals surface area contributed by atoms with Crippen LogP contribution in [-0.4, -0.2) is 29.4 Å². The molecule has 1 atom stereocenters. The molecule has 4 heteroatoms. The summed E-state index contributed by atoms with van der Waals surface area (Å²) in [6.45, 7) is 0. The number of methoxy groups -OCH3 is 1. The van der Waals surface area contributed by atoms with E-state index >= 15 is 0 Å². The molecule has 0 radical (unpaired) electrons. The zero-order valence-corrected chi connectivity index (χ0v) is 9.93. The largest absolute Gasteiger partial charge is 0.497 e. The van der Waals surface area contributed by atoms with E-state index in [-0.39, 0.29) is 0 Å². The first-order valence-corrected chi connectivity index (χ1v) is 5.67. The van der Waals surface area contributed by atoms with Gasteiger partial charge >= 0.3 is 5.97 Å². The highest BCUT2D eigenvalue weighted by atomic mass is 16.5. The Morgan fingerprint density at radius 3 is 2.47 bits per heavy atom. The van der Waals surface area contributed by atoms with E-state index < -0.39 is 12.1 Å². The van der Waals surface area contributed by atoms with E-state index in [2.05, 4.69) is 0 Å². The van der Waals surface area contributed by atoms with Gasteiger partial charge in [-0.1, -0.05) is 12.1 Å². The fourth-order valence-corrected chi connectivity index (χ4v) is 1.58. The van der Waals surface area contributed by atoms with E-state index in [1.807, 2.05) is 24.3 Å². The Balaban J connectivity index is 2.24. The van der Waals surface area contributed by atoms with Gasteiger partial charge < -0.3 is 14.9 Å². The van der Waals surface area contributed by atoms with E-state index in [1.165, 1.54) is 5.56 Å². The van der Waals surface area contributed by atoms with Crippen molar-refractivity contribution >= 4 is 5.97 Å². The minimum Gasteiger partial charge on any atom is -0.497 e. The van der Waals surface area contributed by atoms with Gasteiger partial charge in [0.25, 0.3) is 0 Å². The molecule has 0 bridgehead atoms. The number of carboxylic acid groups (broad SMARTS) is 1. The third-order valence-electron chi connectivity index (χ3n) is 2.64. The molecule has 0 aliphatic heterocycles. The molecule has 0 aromatic heterocycles. The second-order valence-corrected chi connectivity index (χ2v) is 3.95. The Labute approximate surface area is 101 Å². The third kappa shape index (κ3) is 4.87. The minimum absolute atomic E-state index is 0.311. The van der Waals surface area contributed by atoms with Gasteiger partial charge in [-0.25, -0.2) is 4.79 Å². The molecule has 0 fully saturated rings. The molecule has 4 nitrogen and oxygen atoms in total. The molecule has 0 heterocycles. The van der Waals surface area contributed by atoms with Crippen molar-refractivity contribution in [3.05, 3.63) is 29.8 Å². The first kappa shape index (κ1) is 13.5. The summed E-state index contributed by atoms with van der Waals surface area (Å²) in [6, 6.07) is 7.79. The average molecular weight is 238 g/mol. The Hall–Kier alpha value is -1.55. The molecule has 1 unspecified atom stereocenters. The summed E-state index contributed by atoms with van der Waals surface area (Å²) in [7, 11) is 1.63. The van der Waals surface area contributed by atoms with Crippen molar-refractivity contribution in [2.24, 2.45) is 0 Å². The van der Waals surface area contributed by atoms with Crippen molar-refractivity contribution in [2.45, 2.75) is 31.8 Å². The predicted octanol–water partition coefficient (Wildman–Crippen LogP) is 1.85. The maximum atomic E-state index is 10.4. The highest BCUT2D eigenvalue weighted by Gasteiger charge is 2.11. The fraction of sp³-hybridized carbons (Fsp3) is 0.462. The van der Waals surface area contributed by atoms with Crippen molar-refractivity contribution in [2.75, 3.05) is 7.11 Å². The molecule has 17 heavy (non-hydrogen) atoms. The fourth-order valence-electron chi connectivity index (χ4n) is 1.58. The number of aliphatic hydroxyl groups is 1. The standard InChI is InChI=1S/C13H18O4/c1-17-11-8-6-10(7-9-11)4-2-3-5-12(14)13(15)16/h6-9,12,14H,2-5H2,1H3,(H,15,16). The van der Waals surface area contributed by atoms with E-state index in [0.717, 1.165) is 18.6 Å². The van der Waals surface area contributed by atoms with Crippen molar-refractivity contribution in [3.63, 3.8) is 0 Å². The Bertz CT molecular complexity index is 345. The second-order valence-electron chi connectivity index (χ2n) is 3.95. The molecular weight excluding hydrogens is 220 g/mol. The van der Waals surface area contributed by atoms with Gasteiger partial charge in [-0.2, -0.15) is 0 Å². The highest BCUT2D eigenvalue weighted by molar-refractivity contribution is 5.71. The number of carboxylic acids is 1.